The lowest BCUT2D eigenvalue weighted by molar-refractivity contribution is 0.0697. The molecule has 0 saturated carbocycles. The first-order valence-electron chi connectivity index (χ1n) is 12.4. The third-order valence-corrected chi connectivity index (χ3v) is 6.60. The van der Waals surface area contributed by atoms with E-state index in [1.165, 1.54) is 30.3 Å². The van der Waals surface area contributed by atoms with Crippen LogP contribution in [-0.2, 0) is 24.3 Å². The molecule has 3 aromatic carbocycles. The Morgan fingerprint density at radius 2 is 1.85 bits per heavy atom. The number of rotatable bonds is 10. The van der Waals surface area contributed by atoms with Gasteiger partial charge in [-0.1, -0.05) is 29.8 Å². The van der Waals surface area contributed by atoms with Gasteiger partial charge in [0.15, 0.2) is 11.6 Å². The monoisotopic (exact) mass is 563 g/mol. The summed E-state index contributed by atoms with van der Waals surface area (Å²) in [5, 5.41) is 9.67. The minimum atomic E-state index is -1.04. The number of aromatic nitrogens is 3. The lowest BCUT2D eigenvalue weighted by Crippen LogP contribution is -2.10. The molecule has 0 amide bonds. The maximum absolute atomic E-state index is 15.3. The molecule has 0 spiro atoms. The summed E-state index contributed by atoms with van der Waals surface area (Å²) in [6.07, 6.45) is 0.195. The van der Waals surface area contributed by atoms with Gasteiger partial charge in [0.2, 0.25) is 0 Å². The van der Waals surface area contributed by atoms with E-state index in [9.17, 15) is 14.3 Å². The van der Waals surface area contributed by atoms with Gasteiger partial charge < -0.3 is 19.1 Å². The fourth-order valence-electron chi connectivity index (χ4n) is 4.36. The van der Waals surface area contributed by atoms with E-state index in [0.717, 1.165) is 0 Å². The summed E-state index contributed by atoms with van der Waals surface area (Å²) in [6.45, 7) is 0.839. The summed E-state index contributed by atoms with van der Waals surface area (Å²) in [4.78, 5) is 20.7. The number of nitrogens with zero attached hydrogens (tertiary/aromatic N) is 3. The van der Waals surface area contributed by atoms with Crippen molar-refractivity contribution in [1.82, 2.24) is 14.5 Å². The van der Waals surface area contributed by atoms with Crippen LogP contribution in [0.4, 0.5) is 8.78 Å². The summed E-state index contributed by atoms with van der Waals surface area (Å²) in [6, 6.07) is 19.0. The lowest BCUT2D eigenvalue weighted by Gasteiger charge is -2.11. The molecule has 10 heteroatoms. The number of methoxy groups -OCH3 is 1. The SMILES string of the molecule is COCCn1c(Cc2ccc(-c3cccc(COc4ccc(Cl)cc4F)n3)cc2F)nc2ccc(C(=O)O)cc21. The van der Waals surface area contributed by atoms with Crippen molar-refractivity contribution in [2.24, 2.45) is 0 Å². The van der Waals surface area contributed by atoms with Crippen LogP contribution in [0.15, 0.2) is 72.8 Å². The van der Waals surface area contributed by atoms with Crippen molar-refractivity contribution in [2.75, 3.05) is 13.7 Å². The Morgan fingerprint density at radius 1 is 1.00 bits per heavy atom. The molecule has 2 heterocycles. The standard InChI is InChI=1S/C30H24ClF2N3O4/c1-39-12-11-36-27-14-20(30(37)38)7-9-26(27)35-29(36)15-18-5-6-19(13-23(18)32)25-4-2-3-22(34-25)17-40-28-10-8-21(31)16-24(28)33/h2-10,13-14,16H,11-12,15,17H2,1H3,(H,37,38). The van der Waals surface area contributed by atoms with Crippen molar-refractivity contribution in [2.45, 2.75) is 19.6 Å². The second-order valence-electron chi connectivity index (χ2n) is 9.04. The zero-order valence-electron chi connectivity index (χ0n) is 21.4. The molecule has 0 aliphatic rings. The highest BCUT2D eigenvalue weighted by molar-refractivity contribution is 6.30. The van der Waals surface area contributed by atoms with E-state index < -0.39 is 17.6 Å². The minimum Gasteiger partial charge on any atom is -0.484 e. The van der Waals surface area contributed by atoms with Crippen LogP contribution in [0.5, 0.6) is 5.75 Å². The number of benzene rings is 3. The Hall–Kier alpha value is -4.34. The van der Waals surface area contributed by atoms with E-state index in [0.29, 0.717) is 52.5 Å². The molecule has 5 rings (SSSR count). The number of carboxylic acids is 1. The van der Waals surface area contributed by atoms with Crippen molar-refractivity contribution in [3.8, 4) is 17.0 Å². The minimum absolute atomic E-state index is 0.0221. The summed E-state index contributed by atoms with van der Waals surface area (Å²) >= 11 is 5.79. The van der Waals surface area contributed by atoms with E-state index >= 15 is 4.39 Å². The summed E-state index contributed by atoms with van der Waals surface area (Å²) in [5.41, 5.74) is 3.49. The van der Waals surface area contributed by atoms with Gasteiger partial charge in [-0.15, -0.1) is 0 Å². The number of imidazole rings is 1. The lowest BCUT2D eigenvalue weighted by atomic mass is 10.0. The van der Waals surface area contributed by atoms with Crippen LogP contribution in [0.3, 0.4) is 0 Å². The van der Waals surface area contributed by atoms with Crippen molar-refractivity contribution in [3.63, 3.8) is 0 Å². The van der Waals surface area contributed by atoms with Crippen molar-refractivity contribution >= 4 is 28.6 Å². The number of halogens is 3. The molecule has 7 nitrogen and oxygen atoms in total. The van der Waals surface area contributed by atoms with E-state index in [1.807, 2.05) is 4.57 Å². The predicted molar refractivity (Wildman–Crippen MR) is 147 cm³/mol. The van der Waals surface area contributed by atoms with Gasteiger partial charge in [0.05, 0.1) is 34.6 Å². The average molecular weight is 564 g/mol. The van der Waals surface area contributed by atoms with Crippen LogP contribution >= 0.6 is 11.6 Å². The highest BCUT2D eigenvalue weighted by atomic mass is 35.5. The molecular formula is C30H24ClF2N3O4. The number of aromatic carboxylic acids is 1. The van der Waals surface area contributed by atoms with Gasteiger partial charge in [-0.05, 0) is 60.2 Å². The number of hydrogen-bond acceptors (Lipinski definition) is 5. The van der Waals surface area contributed by atoms with Gasteiger partial charge in [0.1, 0.15) is 18.2 Å². The van der Waals surface area contributed by atoms with E-state index in [1.54, 1.807) is 49.6 Å². The van der Waals surface area contributed by atoms with Crippen LogP contribution in [-0.4, -0.2) is 39.3 Å². The van der Waals surface area contributed by atoms with E-state index in [4.69, 9.17) is 21.1 Å². The molecule has 1 N–H and O–H groups in total. The normalized spacial score (nSPS) is 11.2. The maximum Gasteiger partial charge on any atom is 0.335 e. The Morgan fingerprint density at radius 3 is 2.60 bits per heavy atom. The number of fused-ring (bicyclic) bond motifs is 1. The van der Waals surface area contributed by atoms with E-state index in [2.05, 4.69) is 9.97 Å². The summed E-state index contributed by atoms with van der Waals surface area (Å²) < 4.78 is 42.0. The molecule has 0 radical (unpaired) electrons. The molecule has 2 aromatic heterocycles. The fourth-order valence-corrected chi connectivity index (χ4v) is 4.52. The molecule has 0 saturated heterocycles. The zero-order valence-corrected chi connectivity index (χ0v) is 22.2. The van der Waals surface area contributed by atoms with Crippen LogP contribution in [0.25, 0.3) is 22.3 Å². The van der Waals surface area contributed by atoms with Crippen molar-refractivity contribution in [3.05, 3.63) is 112 Å². The number of carbonyl (C=O) groups is 1. The number of carboxylic acid groups (broad SMARTS) is 1. The van der Waals surface area contributed by atoms with Gasteiger partial charge in [0.25, 0.3) is 0 Å². The van der Waals surface area contributed by atoms with Gasteiger partial charge in [-0.2, -0.15) is 0 Å². The number of hydrogen-bond donors (Lipinski definition) is 1. The van der Waals surface area contributed by atoms with Gasteiger partial charge in [-0.25, -0.2) is 23.5 Å². The topological polar surface area (TPSA) is 86.5 Å². The first-order valence-corrected chi connectivity index (χ1v) is 12.7. The van der Waals surface area contributed by atoms with Gasteiger partial charge in [-0.3, -0.25) is 0 Å². The molecular weight excluding hydrogens is 540 g/mol. The summed E-state index contributed by atoms with van der Waals surface area (Å²) in [5.74, 6) is -1.39. The second-order valence-corrected chi connectivity index (χ2v) is 9.48. The van der Waals surface area contributed by atoms with Crippen LogP contribution < -0.4 is 4.74 Å². The Balaban J connectivity index is 1.37. The van der Waals surface area contributed by atoms with Gasteiger partial charge >= 0.3 is 5.97 Å². The predicted octanol–water partition coefficient (Wildman–Crippen LogP) is 6.54. The second kappa shape index (κ2) is 11.8. The zero-order chi connectivity index (χ0) is 28.2. The van der Waals surface area contributed by atoms with E-state index in [-0.39, 0.29) is 29.4 Å². The Bertz CT molecular complexity index is 1710. The molecule has 0 fully saturated rings. The fraction of sp³-hybridized carbons (Fsp3) is 0.167. The van der Waals surface area contributed by atoms with Crippen molar-refractivity contribution in [1.29, 1.82) is 0 Å². The quantitative estimate of drug-likeness (QED) is 0.207. The molecule has 0 atom stereocenters. The highest BCUT2D eigenvalue weighted by Gasteiger charge is 2.16. The number of ether oxygens (including phenoxy) is 2. The Labute approximate surface area is 233 Å². The van der Waals surface area contributed by atoms with Crippen LogP contribution in [0, 0.1) is 11.6 Å². The molecule has 40 heavy (non-hydrogen) atoms. The summed E-state index contributed by atoms with van der Waals surface area (Å²) in [7, 11) is 1.57. The molecule has 5 aromatic rings. The largest absolute Gasteiger partial charge is 0.484 e. The smallest absolute Gasteiger partial charge is 0.335 e. The van der Waals surface area contributed by atoms with Gasteiger partial charge in [0, 0.05) is 30.7 Å². The molecule has 0 aliphatic heterocycles. The third kappa shape index (κ3) is 5.95. The molecule has 204 valence electrons. The molecule has 0 unspecified atom stereocenters. The average Bonchev–Trinajstić information content (AvgIpc) is 3.28. The first kappa shape index (κ1) is 27.2. The number of pyridine rings is 1. The first-order chi connectivity index (χ1) is 19.3. The maximum atomic E-state index is 15.3. The molecule has 0 bridgehead atoms. The Kier molecular flexibility index (Phi) is 8.04. The third-order valence-electron chi connectivity index (χ3n) is 6.37. The van der Waals surface area contributed by atoms with Crippen LogP contribution in [0.1, 0.15) is 27.4 Å². The van der Waals surface area contributed by atoms with Crippen molar-refractivity contribution < 1.29 is 28.2 Å². The highest BCUT2D eigenvalue weighted by Crippen LogP contribution is 2.26. The molecule has 0 aliphatic carbocycles. The van der Waals surface area contributed by atoms with Crippen LogP contribution in [0.2, 0.25) is 5.02 Å².